The summed E-state index contributed by atoms with van der Waals surface area (Å²) in [5.41, 5.74) is 0.300. The smallest absolute Gasteiger partial charge is 0.329 e. The molecule has 1 aromatic rings. The van der Waals surface area contributed by atoms with Crippen molar-refractivity contribution in [2.75, 3.05) is 17.8 Å². The zero-order valence-corrected chi connectivity index (χ0v) is 12.2. The number of hydrogen-bond donors (Lipinski definition) is 1. The number of anilines is 1. The van der Waals surface area contributed by atoms with Crippen molar-refractivity contribution in [3.63, 3.8) is 0 Å². The molecule has 2 atom stereocenters. The van der Waals surface area contributed by atoms with Crippen LogP contribution in [0.25, 0.3) is 0 Å². The fourth-order valence-corrected chi connectivity index (χ4v) is 2.00. The summed E-state index contributed by atoms with van der Waals surface area (Å²) >= 11 is 5.88. The molecule has 2 rings (SSSR count). The number of carbonyl (C=O) groups is 1. The van der Waals surface area contributed by atoms with Crippen LogP contribution >= 0.6 is 11.6 Å². The van der Waals surface area contributed by atoms with Gasteiger partial charge in [-0.3, -0.25) is 0 Å². The normalized spacial score (nSPS) is 24.4. The van der Waals surface area contributed by atoms with E-state index in [1.54, 1.807) is 20.0 Å². The molecule has 0 bridgehead atoms. The molecule has 1 saturated heterocycles. The van der Waals surface area contributed by atoms with E-state index in [9.17, 15) is 9.90 Å². The lowest BCUT2D eigenvalue weighted by atomic mass is 9.92. The standard InChI is InChI=1S/C12H18ClN3O3/c1-7-10(17)16(11(18)15(7)4)9-5-8(14-19-9)12(2,3)6-13/h5,7,10,17H,6H2,1-4H3. The van der Waals surface area contributed by atoms with E-state index < -0.39 is 6.23 Å². The summed E-state index contributed by atoms with van der Waals surface area (Å²) in [6.07, 6.45) is -0.947. The number of rotatable bonds is 3. The third-order valence-corrected chi connectivity index (χ3v) is 4.25. The van der Waals surface area contributed by atoms with Crippen LogP contribution in [0.4, 0.5) is 10.7 Å². The maximum atomic E-state index is 12.0. The molecule has 1 fully saturated rings. The second kappa shape index (κ2) is 4.68. The molecule has 0 spiro atoms. The highest BCUT2D eigenvalue weighted by Gasteiger charge is 2.43. The number of urea groups is 1. The molecule has 6 nitrogen and oxygen atoms in total. The molecule has 1 aliphatic rings. The molecule has 19 heavy (non-hydrogen) atoms. The summed E-state index contributed by atoms with van der Waals surface area (Å²) < 4.78 is 5.18. The second-order valence-electron chi connectivity index (χ2n) is 5.49. The third-order valence-electron chi connectivity index (χ3n) is 3.58. The number of amides is 2. The Kier molecular flexibility index (Phi) is 3.49. The Hall–Kier alpha value is -1.27. The average Bonchev–Trinajstić information content (AvgIpc) is 2.92. The molecular formula is C12H18ClN3O3. The largest absolute Gasteiger partial charge is 0.371 e. The first-order valence-electron chi connectivity index (χ1n) is 6.07. The topological polar surface area (TPSA) is 69.8 Å². The van der Waals surface area contributed by atoms with Gasteiger partial charge in [-0.25, -0.2) is 9.69 Å². The first-order chi connectivity index (χ1) is 8.79. The van der Waals surface area contributed by atoms with Gasteiger partial charge in [0.25, 0.3) is 0 Å². The number of likely N-dealkylation sites (N-methyl/N-ethyl adjacent to an activating group) is 1. The number of hydrogen-bond acceptors (Lipinski definition) is 4. The van der Waals surface area contributed by atoms with Crippen molar-refractivity contribution in [3.05, 3.63) is 11.8 Å². The lowest BCUT2D eigenvalue weighted by Gasteiger charge is -2.17. The summed E-state index contributed by atoms with van der Waals surface area (Å²) in [7, 11) is 1.64. The third kappa shape index (κ3) is 2.19. The van der Waals surface area contributed by atoms with Crippen LogP contribution in [0.2, 0.25) is 0 Å². The molecule has 7 heteroatoms. The van der Waals surface area contributed by atoms with Crippen molar-refractivity contribution in [1.82, 2.24) is 10.1 Å². The Labute approximate surface area is 116 Å². The van der Waals surface area contributed by atoms with E-state index in [-0.39, 0.29) is 23.4 Å². The molecule has 1 aliphatic heterocycles. The summed E-state index contributed by atoms with van der Waals surface area (Å²) in [5.74, 6) is 0.619. The number of aromatic nitrogens is 1. The van der Waals surface area contributed by atoms with Crippen LogP contribution in [0.15, 0.2) is 10.6 Å². The van der Waals surface area contributed by atoms with Crippen LogP contribution in [-0.4, -0.2) is 46.4 Å². The number of aliphatic hydroxyl groups is 1. The van der Waals surface area contributed by atoms with Crippen molar-refractivity contribution in [3.8, 4) is 0 Å². The van der Waals surface area contributed by atoms with Crippen molar-refractivity contribution < 1.29 is 14.4 Å². The van der Waals surface area contributed by atoms with Crippen molar-refractivity contribution in [1.29, 1.82) is 0 Å². The predicted molar refractivity (Wildman–Crippen MR) is 71.4 cm³/mol. The Morgan fingerprint density at radius 1 is 1.58 bits per heavy atom. The van der Waals surface area contributed by atoms with Gasteiger partial charge < -0.3 is 14.5 Å². The van der Waals surface area contributed by atoms with Gasteiger partial charge in [-0.1, -0.05) is 19.0 Å². The molecule has 2 unspecified atom stereocenters. The zero-order chi connectivity index (χ0) is 14.4. The molecule has 1 aromatic heterocycles. The van der Waals surface area contributed by atoms with Crippen LogP contribution in [-0.2, 0) is 5.41 Å². The fourth-order valence-electron chi connectivity index (χ4n) is 1.86. The van der Waals surface area contributed by atoms with Gasteiger partial charge >= 0.3 is 6.03 Å². The summed E-state index contributed by atoms with van der Waals surface area (Å²) in [6.45, 7) is 5.62. The Bertz CT molecular complexity index is 488. The van der Waals surface area contributed by atoms with E-state index in [2.05, 4.69) is 5.16 Å². The van der Waals surface area contributed by atoms with Crippen LogP contribution < -0.4 is 4.90 Å². The van der Waals surface area contributed by atoms with Crippen molar-refractivity contribution in [2.45, 2.75) is 38.5 Å². The molecular weight excluding hydrogens is 270 g/mol. The van der Waals surface area contributed by atoms with Crippen molar-refractivity contribution >= 4 is 23.5 Å². The minimum absolute atomic E-state index is 0.238. The zero-order valence-electron chi connectivity index (χ0n) is 11.4. The van der Waals surface area contributed by atoms with Crippen LogP contribution in [0, 0.1) is 0 Å². The summed E-state index contributed by atoms with van der Waals surface area (Å²) in [5, 5.41) is 14.0. The highest BCUT2D eigenvalue weighted by molar-refractivity contribution is 6.18. The number of nitrogens with zero attached hydrogens (tertiary/aromatic N) is 3. The first kappa shape index (κ1) is 14.1. The highest BCUT2D eigenvalue weighted by Crippen LogP contribution is 2.31. The monoisotopic (exact) mass is 287 g/mol. The first-order valence-corrected chi connectivity index (χ1v) is 6.60. The predicted octanol–water partition coefficient (Wildman–Crippen LogP) is 1.77. The summed E-state index contributed by atoms with van der Waals surface area (Å²) in [6, 6.07) is 1.03. The molecule has 0 radical (unpaired) electrons. The maximum absolute atomic E-state index is 12.0. The van der Waals surface area contributed by atoms with E-state index in [1.807, 2.05) is 13.8 Å². The minimum Gasteiger partial charge on any atom is -0.371 e. The van der Waals surface area contributed by atoms with E-state index in [0.29, 0.717) is 11.6 Å². The van der Waals surface area contributed by atoms with E-state index in [4.69, 9.17) is 16.1 Å². The number of aliphatic hydroxyl groups excluding tert-OH is 1. The molecule has 0 aliphatic carbocycles. The van der Waals surface area contributed by atoms with E-state index in [0.717, 1.165) is 0 Å². The fraction of sp³-hybridized carbons (Fsp3) is 0.667. The van der Waals surface area contributed by atoms with Gasteiger partial charge in [-0.2, -0.15) is 0 Å². The maximum Gasteiger partial charge on any atom is 0.329 e. The van der Waals surface area contributed by atoms with E-state index in [1.165, 1.54) is 9.80 Å². The number of carbonyl (C=O) groups excluding carboxylic acids is 1. The van der Waals surface area contributed by atoms with Gasteiger partial charge in [0.15, 0.2) is 6.23 Å². The second-order valence-corrected chi connectivity index (χ2v) is 5.75. The number of halogens is 1. The molecule has 0 aromatic carbocycles. The van der Waals surface area contributed by atoms with Crippen LogP contribution in [0.1, 0.15) is 26.5 Å². The van der Waals surface area contributed by atoms with E-state index >= 15 is 0 Å². The van der Waals surface area contributed by atoms with Crippen LogP contribution in [0.3, 0.4) is 0 Å². The average molecular weight is 288 g/mol. The molecule has 1 N–H and O–H groups in total. The lowest BCUT2D eigenvalue weighted by Crippen LogP contribution is -2.35. The number of alkyl halides is 1. The Morgan fingerprint density at radius 2 is 2.21 bits per heavy atom. The van der Waals surface area contributed by atoms with Gasteiger partial charge in [-0.05, 0) is 6.92 Å². The summed E-state index contributed by atoms with van der Waals surface area (Å²) in [4.78, 5) is 14.7. The quantitative estimate of drug-likeness (QED) is 0.860. The van der Waals surface area contributed by atoms with Gasteiger partial charge in [0.1, 0.15) is 0 Å². The lowest BCUT2D eigenvalue weighted by molar-refractivity contribution is 0.135. The van der Waals surface area contributed by atoms with Gasteiger partial charge in [-0.15, -0.1) is 11.6 Å². The molecule has 2 amide bonds. The molecule has 106 valence electrons. The minimum atomic E-state index is -0.947. The molecule has 2 heterocycles. The molecule has 0 saturated carbocycles. The Morgan fingerprint density at radius 3 is 2.68 bits per heavy atom. The van der Waals surface area contributed by atoms with Crippen molar-refractivity contribution in [2.24, 2.45) is 0 Å². The van der Waals surface area contributed by atoms with Gasteiger partial charge in [0.05, 0.1) is 11.7 Å². The SMILES string of the molecule is CC1C(O)N(c2cc(C(C)(C)CCl)no2)C(=O)N1C. The van der Waals surface area contributed by atoms with Crippen LogP contribution in [0.5, 0.6) is 0 Å². The van der Waals surface area contributed by atoms with Gasteiger partial charge in [0, 0.05) is 24.4 Å². The Balaban J connectivity index is 2.31. The van der Waals surface area contributed by atoms with Gasteiger partial charge in [0.2, 0.25) is 5.88 Å². The highest BCUT2D eigenvalue weighted by atomic mass is 35.5.